The van der Waals surface area contributed by atoms with Gasteiger partial charge in [0.1, 0.15) is 0 Å². The molecular formula is C15H16BrNO3S. The average Bonchev–Trinajstić information content (AvgIpc) is 2.46. The Morgan fingerprint density at radius 2 is 1.90 bits per heavy atom. The van der Waals surface area contributed by atoms with Gasteiger partial charge in [0.15, 0.2) is 0 Å². The fourth-order valence-corrected chi connectivity index (χ4v) is 3.92. The summed E-state index contributed by atoms with van der Waals surface area (Å²) in [5.41, 5.74) is 1.24. The van der Waals surface area contributed by atoms with Gasteiger partial charge in [-0.05, 0) is 36.2 Å². The van der Waals surface area contributed by atoms with Crippen LogP contribution < -0.4 is 4.72 Å². The van der Waals surface area contributed by atoms with Gasteiger partial charge in [0.25, 0.3) is 0 Å². The normalized spacial score (nSPS) is 13.1. The first-order chi connectivity index (χ1) is 9.94. The monoisotopic (exact) mass is 369 g/mol. The summed E-state index contributed by atoms with van der Waals surface area (Å²) < 4.78 is 28.4. The number of aliphatic hydroxyl groups excluding tert-OH is 1. The van der Waals surface area contributed by atoms with Gasteiger partial charge in [-0.2, -0.15) is 0 Å². The zero-order valence-electron chi connectivity index (χ0n) is 11.5. The van der Waals surface area contributed by atoms with Gasteiger partial charge in [-0.25, -0.2) is 13.1 Å². The Bertz CT molecular complexity index is 731. The number of rotatable bonds is 5. The van der Waals surface area contributed by atoms with Crippen LogP contribution in [0, 0.1) is 0 Å². The first kappa shape index (κ1) is 16.2. The number of hydrogen-bond acceptors (Lipinski definition) is 3. The van der Waals surface area contributed by atoms with E-state index in [2.05, 4.69) is 20.7 Å². The molecule has 21 heavy (non-hydrogen) atoms. The molecule has 0 aliphatic heterocycles. The van der Waals surface area contributed by atoms with Crippen LogP contribution in [0.15, 0.2) is 57.9 Å². The summed E-state index contributed by atoms with van der Waals surface area (Å²) in [6.07, 6.45) is 0. The molecule has 0 spiro atoms. The second-order valence-electron chi connectivity index (χ2n) is 4.66. The molecule has 6 heteroatoms. The van der Waals surface area contributed by atoms with Crippen LogP contribution in [0.3, 0.4) is 0 Å². The van der Waals surface area contributed by atoms with Crippen molar-refractivity contribution in [3.05, 3.63) is 64.1 Å². The van der Waals surface area contributed by atoms with Crippen LogP contribution in [-0.4, -0.2) is 13.5 Å². The SMILES string of the molecule is CC(NS(=O)(=O)c1ccccc1CO)c1cccc(Br)c1. The number of hydrogen-bond donors (Lipinski definition) is 2. The molecule has 1 atom stereocenters. The first-order valence-electron chi connectivity index (χ1n) is 6.40. The summed E-state index contributed by atoms with van der Waals surface area (Å²) >= 11 is 3.37. The van der Waals surface area contributed by atoms with Crippen molar-refractivity contribution in [1.82, 2.24) is 4.72 Å². The summed E-state index contributed by atoms with van der Waals surface area (Å²) in [5.74, 6) is 0. The quantitative estimate of drug-likeness (QED) is 0.851. The molecule has 0 heterocycles. The van der Waals surface area contributed by atoms with E-state index in [1.807, 2.05) is 24.3 Å². The van der Waals surface area contributed by atoms with Crippen molar-refractivity contribution in [2.45, 2.75) is 24.5 Å². The molecule has 1 unspecified atom stereocenters. The Kier molecular flexibility index (Phi) is 5.16. The van der Waals surface area contributed by atoms with E-state index in [1.54, 1.807) is 25.1 Å². The number of sulfonamides is 1. The van der Waals surface area contributed by atoms with Gasteiger partial charge in [-0.3, -0.25) is 0 Å². The third-order valence-corrected chi connectivity index (χ3v) is 5.25. The maximum atomic E-state index is 12.4. The molecule has 0 amide bonds. The van der Waals surface area contributed by atoms with E-state index in [4.69, 9.17) is 0 Å². The van der Waals surface area contributed by atoms with Gasteiger partial charge in [-0.15, -0.1) is 0 Å². The molecule has 112 valence electrons. The van der Waals surface area contributed by atoms with E-state index in [9.17, 15) is 13.5 Å². The van der Waals surface area contributed by atoms with Crippen LogP contribution >= 0.6 is 15.9 Å². The molecule has 4 nitrogen and oxygen atoms in total. The summed E-state index contributed by atoms with van der Waals surface area (Å²) in [4.78, 5) is 0.106. The summed E-state index contributed by atoms with van der Waals surface area (Å²) in [6, 6.07) is 13.5. The Hall–Kier alpha value is -1.21. The van der Waals surface area contributed by atoms with Crippen LogP contribution in [0.2, 0.25) is 0 Å². The smallest absolute Gasteiger partial charge is 0.241 e. The van der Waals surface area contributed by atoms with Gasteiger partial charge in [0, 0.05) is 10.5 Å². The number of halogens is 1. The molecule has 2 rings (SSSR count). The molecule has 2 aromatic carbocycles. The number of benzene rings is 2. The van der Waals surface area contributed by atoms with Crippen molar-refractivity contribution < 1.29 is 13.5 Å². The molecular weight excluding hydrogens is 354 g/mol. The molecule has 0 aliphatic carbocycles. The third-order valence-electron chi connectivity index (χ3n) is 3.11. The molecule has 0 radical (unpaired) electrons. The summed E-state index contributed by atoms with van der Waals surface area (Å²) in [5, 5.41) is 9.27. The van der Waals surface area contributed by atoms with Crippen molar-refractivity contribution in [1.29, 1.82) is 0 Å². The van der Waals surface area contributed by atoms with E-state index in [1.165, 1.54) is 6.07 Å². The van der Waals surface area contributed by atoms with Gasteiger partial charge in [0.05, 0.1) is 11.5 Å². The molecule has 2 N–H and O–H groups in total. The number of aliphatic hydroxyl groups is 1. The molecule has 0 aromatic heterocycles. The lowest BCUT2D eigenvalue weighted by molar-refractivity contribution is 0.278. The van der Waals surface area contributed by atoms with Gasteiger partial charge in [-0.1, -0.05) is 46.3 Å². The maximum absolute atomic E-state index is 12.4. The van der Waals surface area contributed by atoms with Crippen LogP contribution in [0.25, 0.3) is 0 Å². The highest BCUT2D eigenvalue weighted by Crippen LogP contribution is 2.22. The third kappa shape index (κ3) is 3.91. The van der Waals surface area contributed by atoms with E-state index in [0.29, 0.717) is 5.56 Å². The minimum absolute atomic E-state index is 0.106. The first-order valence-corrected chi connectivity index (χ1v) is 8.68. The zero-order valence-corrected chi connectivity index (χ0v) is 13.9. The lowest BCUT2D eigenvalue weighted by Gasteiger charge is -2.16. The van der Waals surface area contributed by atoms with Crippen LogP contribution in [-0.2, 0) is 16.6 Å². The van der Waals surface area contributed by atoms with Crippen LogP contribution in [0.5, 0.6) is 0 Å². The lowest BCUT2D eigenvalue weighted by Crippen LogP contribution is -2.27. The van der Waals surface area contributed by atoms with Crippen molar-refractivity contribution in [2.24, 2.45) is 0 Å². The molecule has 0 bridgehead atoms. The highest BCUT2D eigenvalue weighted by molar-refractivity contribution is 9.10. The van der Waals surface area contributed by atoms with Crippen molar-refractivity contribution >= 4 is 26.0 Å². The van der Waals surface area contributed by atoms with E-state index < -0.39 is 10.0 Å². The van der Waals surface area contributed by atoms with E-state index in [0.717, 1.165) is 10.0 Å². The van der Waals surface area contributed by atoms with Gasteiger partial charge >= 0.3 is 0 Å². The van der Waals surface area contributed by atoms with E-state index in [-0.39, 0.29) is 17.5 Å². The Balaban J connectivity index is 2.29. The molecule has 0 fully saturated rings. The van der Waals surface area contributed by atoms with Crippen molar-refractivity contribution in [3.8, 4) is 0 Å². The topological polar surface area (TPSA) is 66.4 Å². The lowest BCUT2D eigenvalue weighted by atomic mass is 10.1. The van der Waals surface area contributed by atoms with Gasteiger partial charge in [0.2, 0.25) is 10.0 Å². The predicted octanol–water partition coefficient (Wildman–Crippen LogP) is 2.98. The zero-order chi connectivity index (χ0) is 15.5. The minimum Gasteiger partial charge on any atom is -0.392 e. The second-order valence-corrected chi connectivity index (χ2v) is 7.26. The second kappa shape index (κ2) is 6.70. The largest absolute Gasteiger partial charge is 0.392 e. The molecule has 2 aromatic rings. The fourth-order valence-electron chi connectivity index (χ4n) is 2.04. The Morgan fingerprint density at radius 3 is 2.57 bits per heavy atom. The highest BCUT2D eigenvalue weighted by Gasteiger charge is 2.21. The van der Waals surface area contributed by atoms with Crippen LogP contribution in [0.1, 0.15) is 24.1 Å². The molecule has 0 saturated heterocycles. The van der Waals surface area contributed by atoms with Crippen LogP contribution in [0.4, 0.5) is 0 Å². The molecule has 0 saturated carbocycles. The fraction of sp³-hybridized carbons (Fsp3) is 0.200. The summed E-state index contributed by atoms with van der Waals surface area (Å²) in [7, 11) is -3.69. The van der Waals surface area contributed by atoms with Crippen molar-refractivity contribution in [2.75, 3.05) is 0 Å². The highest BCUT2D eigenvalue weighted by atomic mass is 79.9. The average molecular weight is 370 g/mol. The molecule has 0 aliphatic rings. The van der Waals surface area contributed by atoms with Gasteiger partial charge < -0.3 is 5.11 Å². The maximum Gasteiger partial charge on any atom is 0.241 e. The Morgan fingerprint density at radius 1 is 1.19 bits per heavy atom. The van der Waals surface area contributed by atoms with Crippen molar-refractivity contribution in [3.63, 3.8) is 0 Å². The van der Waals surface area contributed by atoms with E-state index >= 15 is 0 Å². The standard InChI is InChI=1S/C15H16BrNO3S/c1-11(12-6-4-7-14(16)9-12)17-21(19,20)15-8-3-2-5-13(15)10-18/h2-9,11,17-18H,10H2,1H3. The Labute approximate surface area is 133 Å². The minimum atomic E-state index is -3.69. The predicted molar refractivity (Wildman–Crippen MR) is 85.2 cm³/mol. The summed E-state index contributed by atoms with van der Waals surface area (Å²) in [6.45, 7) is 1.46. The number of nitrogens with one attached hydrogen (secondary N) is 1.